The van der Waals surface area contributed by atoms with Gasteiger partial charge in [0.15, 0.2) is 0 Å². The Kier molecular flexibility index (Phi) is 11.0. The van der Waals surface area contributed by atoms with Gasteiger partial charge >= 0.3 is 0 Å². The molecule has 196 valence electrons. The molecule has 1 heterocycles. The minimum atomic E-state index is -0.590. The van der Waals surface area contributed by atoms with E-state index in [0.29, 0.717) is 25.1 Å². The molecular weight excluding hydrogens is 464 g/mol. The first-order valence-corrected chi connectivity index (χ1v) is 12.9. The van der Waals surface area contributed by atoms with Crippen LogP contribution in [-0.4, -0.2) is 43.0 Å². The maximum Gasteiger partial charge on any atom is 0.251 e. The van der Waals surface area contributed by atoms with Gasteiger partial charge in [-0.25, -0.2) is 0 Å². The van der Waals surface area contributed by atoms with Crippen molar-refractivity contribution in [1.29, 1.82) is 0 Å². The quantitative estimate of drug-likeness (QED) is 0.279. The number of benzene rings is 2. The fraction of sp³-hybridized carbons (Fsp3) is 0.367. The van der Waals surface area contributed by atoms with Crippen molar-refractivity contribution in [2.75, 3.05) is 25.5 Å². The summed E-state index contributed by atoms with van der Waals surface area (Å²) < 4.78 is 5.16. The van der Waals surface area contributed by atoms with E-state index in [1.54, 1.807) is 13.3 Å². The maximum atomic E-state index is 12.9. The number of amides is 2. The van der Waals surface area contributed by atoms with Crippen molar-refractivity contribution in [2.24, 2.45) is 5.92 Å². The zero-order valence-corrected chi connectivity index (χ0v) is 22.0. The number of hydrogen-bond donors (Lipinski definition) is 3. The van der Waals surface area contributed by atoms with Crippen molar-refractivity contribution < 1.29 is 14.3 Å². The number of aromatic nitrogens is 1. The molecule has 0 unspecified atom stereocenters. The van der Waals surface area contributed by atoms with Gasteiger partial charge in [-0.1, -0.05) is 32.0 Å². The number of methoxy groups -OCH3 is 1. The number of rotatable bonds is 14. The van der Waals surface area contributed by atoms with Gasteiger partial charge in [-0.05, 0) is 85.2 Å². The predicted molar refractivity (Wildman–Crippen MR) is 148 cm³/mol. The molecule has 0 spiro atoms. The zero-order chi connectivity index (χ0) is 26.5. The Morgan fingerprint density at radius 1 is 0.919 bits per heavy atom. The molecule has 1 aromatic heterocycles. The summed E-state index contributed by atoms with van der Waals surface area (Å²) in [6, 6.07) is 18.7. The molecule has 0 saturated heterocycles. The van der Waals surface area contributed by atoms with Crippen LogP contribution in [-0.2, 0) is 17.6 Å². The molecule has 0 aliphatic heterocycles. The number of carbonyl (C=O) groups excluding carboxylic acids is 2. The van der Waals surface area contributed by atoms with Crippen LogP contribution in [0.4, 0.5) is 5.69 Å². The standard InChI is InChI=1S/C30H38N4O3/c1-22(2)20-28(30(36)33-19-18-32-26-13-15-27(37-3)16-14-26)34-29(35)25-11-9-23(10-12-25)6-4-7-24-8-5-17-31-21-24/h5,8-17,21-22,28,32H,4,6-7,18-20H2,1-3H3,(H,33,36)(H,34,35)/t28-/m0/s1. The third-order valence-corrected chi connectivity index (χ3v) is 6.04. The molecule has 7 nitrogen and oxygen atoms in total. The van der Waals surface area contributed by atoms with Crippen molar-refractivity contribution >= 4 is 17.5 Å². The summed E-state index contributed by atoms with van der Waals surface area (Å²) in [7, 11) is 1.63. The van der Waals surface area contributed by atoms with Gasteiger partial charge in [0.25, 0.3) is 5.91 Å². The zero-order valence-electron chi connectivity index (χ0n) is 22.0. The Bertz CT molecular complexity index is 1100. The third-order valence-electron chi connectivity index (χ3n) is 6.04. The number of carbonyl (C=O) groups is 2. The van der Waals surface area contributed by atoms with Gasteiger partial charge in [0.1, 0.15) is 11.8 Å². The van der Waals surface area contributed by atoms with E-state index in [2.05, 4.69) is 27.0 Å². The fourth-order valence-electron chi connectivity index (χ4n) is 4.03. The van der Waals surface area contributed by atoms with Crippen LogP contribution in [0.25, 0.3) is 0 Å². The average molecular weight is 503 g/mol. The molecule has 3 aromatic rings. The second kappa shape index (κ2) is 14.6. The molecule has 3 N–H and O–H groups in total. The third kappa shape index (κ3) is 9.60. The van der Waals surface area contributed by atoms with Crippen LogP contribution in [0.1, 0.15) is 48.2 Å². The van der Waals surface area contributed by atoms with Gasteiger partial charge in [0.05, 0.1) is 7.11 Å². The van der Waals surface area contributed by atoms with E-state index in [-0.39, 0.29) is 17.7 Å². The predicted octanol–water partition coefficient (Wildman–Crippen LogP) is 4.64. The van der Waals surface area contributed by atoms with Gasteiger partial charge in [-0.2, -0.15) is 0 Å². The summed E-state index contributed by atoms with van der Waals surface area (Å²) in [6.07, 6.45) is 7.16. The van der Waals surface area contributed by atoms with Crippen LogP contribution in [0.5, 0.6) is 5.75 Å². The van der Waals surface area contributed by atoms with E-state index in [0.717, 1.165) is 30.7 Å². The summed E-state index contributed by atoms with van der Waals surface area (Å²) >= 11 is 0. The minimum absolute atomic E-state index is 0.175. The lowest BCUT2D eigenvalue weighted by atomic mass is 10.0. The summed E-state index contributed by atoms with van der Waals surface area (Å²) in [5.41, 5.74) is 3.91. The lowest BCUT2D eigenvalue weighted by Gasteiger charge is -2.20. The maximum absolute atomic E-state index is 12.9. The van der Waals surface area contributed by atoms with Crippen LogP contribution in [0, 0.1) is 5.92 Å². The summed E-state index contributed by atoms with van der Waals surface area (Å²) in [5.74, 6) is 0.641. The molecule has 37 heavy (non-hydrogen) atoms. The van der Waals surface area contributed by atoms with E-state index >= 15 is 0 Å². The minimum Gasteiger partial charge on any atom is -0.497 e. The number of pyridine rings is 1. The summed E-state index contributed by atoms with van der Waals surface area (Å²) in [6.45, 7) is 5.10. The number of anilines is 1. The topological polar surface area (TPSA) is 92.4 Å². The van der Waals surface area contributed by atoms with E-state index in [9.17, 15) is 9.59 Å². The Morgan fingerprint density at radius 2 is 1.65 bits per heavy atom. The highest BCUT2D eigenvalue weighted by atomic mass is 16.5. The number of hydrogen-bond acceptors (Lipinski definition) is 5. The van der Waals surface area contributed by atoms with Gasteiger partial charge < -0.3 is 20.7 Å². The first-order valence-electron chi connectivity index (χ1n) is 12.9. The first kappa shape index (κ1) is 27.7. The molecular formula is C30H38N4O3. The molecule has 2 aromatic carbocycles. The molecule has 0 bridgehead atoms. The van der Waals surface area contributed by atoms with E-state index < -0.39 is 6.04 Å². The summed E-state index contributed by atoms with van der Waals surface area (Å²) in [5, 5.41) is 9.13. The Balaban J connectivity index is 1.46. The van der Waals surface area contributed by atoms with Gasteiger partial charge in [0.2, 0.25) is 5.91 Å². The smallest absolute Gasteiger partial charge is 0.251 e. The number of nitrogens with zero attached hydrogens (tertiary/aromatic N) is 1. The average Bonchev–Trinajstić information content (AvgIpc) is 2.91. The normalized spacial score (nSPS) is 11.6. The van der Waals surface area contributed by atoms with Crippen molar-refractivity contribution in [3.8, 4) is 5.75 Å². The Labute approximate surface area is 220 Å². The van der Waals surface area contributed by atoms with E-state index in [4.69, 9.17) is 4.74 Å². The highest BCUT2D eigenvalue weighted by Gasteiger charge is 2.22. The van der Waals surface area contributed by atoms with Crippen LogP contribution in [0.3, 0.4) is 0 Å². The number of nitrogens with one attached hydrogen (secondary N) is 3. The first-order chi connectivity index (χ1) is 17.9. The van der Waals surface area contributed by atoms with Crippen molar-refractivity contribution in [3.05, 3.63) is 89.7 Å². The van der Waals surface area contributed by atoms with Gasteiger partial charge in [-0.3, -0.25) is 14.6 Å². The van der Waals surface area contributed by atoms with Crippen LogP contribution < -0.4 is 20.7 Å². The lowest BCUT2D eigenvalue weighted by Crippen LogP contribution is -2.48. The van der Waals surface area contributed by atoms with Crippen LogP contribution >= 0.6 is 0 Å². The highest BCUT2D eigenvalue weighted by Crippen LogP contribution is 2.15. The monoisotopic (exact) mass is 502 g/mol. The highest BCUT2D eigenvalue weighted by molar-refractivity contribution is 5.97. The molecule has 0 radical (unpaired) electrons. The molecule has 2 amide bonds. The van der Waals surface area contributed by atoms with Crippen LogP contribution in [0.15, 0.2) is 73.1 Å². The second-order valence-corrected chi connectivity index (χ2v) is 9.51. The van der Waals surface area contributed by atoms with Gasteiger partial charge in [0, 0.05) is 36.7 Å². The van der Waals surface area contributed by atoms with Gasteiger partial charge in [-0.15, -0.1) is 0 Å². The van der Waals surface area contributed by atoms with Crippen molar-refractivity contribution in [2.45, 2.75) is 45.6 Å². The SMILES string of the molecule is COc1ccc(NCCNC(=O)[C@H](CC(C)C)NC(=O)c2ccc(CCCc3cccnc3)cc2)cc1. The molecule has 3 rings (SSSR count). The Morgan fingerprint density at radius 3 is 2.30 bits per heavy atom. The van der Waals surface area contributed by atoms with E-state index in [1.807, 2.05) is 74.6 Å². The second-order valence-electron chi connectivity index (χ2n) is 9.51. The number of ether oxygens (including phenoxy) is 1. The van der Waals surface area contributed by atoms with Crippen molar-refractivity contribution in [3.63, 3.8) is 0 Å². The van der Waals surface area contributed by atoms with E-state index in [1.165, 1.54) is 11.1 Å². The molecule has 0 aliphatic rings. The molecule has 7 heteroatoms. The van der Waals surface area contributed by atoms with Crippen molar-refractivity contribution in [1.82, 2.24) is 15.6 Å². The Hall–Kier alpha value is -3.87. The largest absolute Gasteiger partial charge is 0.497 e. The summed E-state index contributed by atoms with van der Waals surface area (Å²) in [4.78, 5) is 29.9. The lowest BCUT2D eigenvalue weighted by molar-refractivity contribution is -0.123. The van der Waals surface area contributed by atoms with Crippen LogP contribution in [0.2, 0.25) is 0 Å². The molecule has 0 aliphatic carbocycles. The molecule has 0 saturated carbocycles. The molecule has 1 atom stereocenters. The number of aryl methyl sites for hydroxylation is 2. The molecule has 0 fully saturated rings. The fourth-order valence-corrected chi connectivity index (χ4v) is 4.03.